The summed E-state index contributed by atoms with van der Waals surface area (Å²) in [5.74, 6) is -0.576. The number of esters is 1. The lowest BCUT2D eigenvalue weighted by Gasteiger charge is -2.15. The molecule has 1 amide bonds. The fourth-order valence-electron chi connectivity index (χ4n) is 5.68. The van der Waals surface area contributed by atoms with Crippen molar-refractivity contribution in [2.24, 2.45) is 0 Å². The Bertz CT molecular complexity index is 1360. The number of ether oxygens (including phenoxy) is 1. The zero-order valence-corrected chi connectivity index (χ0v) is 39.0. The molecule has 61 heavy (non-hydrogen) atoms. The molecule has 3 N–H and O–H groups in total. The number of carbonyl (C=O) groups excluding carboxylic acids is 2. The van der Waals surface area contributed by atoms with Crippen LogP contribution in [-0.4, -0.2) is 54.3 Å². The van der Waals surface area contributed by atoms with Gasteiger partial charge in [0, 0.05) is 19.4 Å². The number of aliphatic hydroxyl groups is 1. The number of carbonyl (C=O) groups is 2. The van der Waals surface area contributed by atoms with Gasteiger partial charge in [-0.05, 0) is 103 Å². The summed E-state index contributed by atoms with van der Waals surface area (Å²) in [6.07, 6.45) is 61.6. The van der Waals surface area contributed by atoms with E-state index in [1.54, 1.807) is 0 Å². The van der Waals surface area contributed by atoms with Crippen LogP contribution in [0.25, 0.3) is 0 Å². The smallest absolute Gasteiger partial charge is 0.463 e. The Morgan fingerprint density at radius 1 is 0.525 bits per heavy atom. The predicted molar refractivity (Wildman–Crippen MR) is 256 cm³/mol. The summed E-state index contributed by atoms with van der Waals surface area (Å²) >= 11 is 0. The Balaban J connectivity index is 3.71. The van der Waals surface area contributed by atoms with Crippen LogP contribution < -0.4 is 5.32 Å². The molecule has 0 spiro atoms. The van der Waals surface area contributed by atoms with Gasteiger partial charge in [0.2, 0.25) is 5.91 Å². The topological polar surface area (TPSA) is 131 Å². The fourth-order valence-corrected chi connectivity index (χ4v) is 6.44. The Kier molecular flexibility index (Phi) is 43.7. The monoisotopic (exact) mass is 870 g/mol. The van der Waals surface area contributed by atoms with Crippen molar-refractivity contribution in [1.82, 2.24) is 5.32 Å². The first kappa shape index (κ1) is 57.7. The first-order valence-corrected chi connectivity index (χ1v) is 24.9. The highest BCUT2D eigenvalue weighted by Gasteiger charge is 2.23. The molecule has 0 rings (SSSR count). The number of aliphatic hydroxyl groups excluding tert-OH is 1. The molecular formula is C51H84NO8P. The molecule has 0 aromatic heterocycles. The van der Waals surface area contributed by atoms with Crippen molar-refractivity contribution in [2.75, 3.05) is 26.4 Å². The average Bonchev–Trinajstić information content (AvgIpc) is 3.25. The Morgan fingerprint density at radius 2 is 0.934 bits per heavy atom. The van der Waals surface area contributed by atoms with E-state index in [1.165, 1.54) is 25.7 Å². The molecule has 2 atom stereocenters. The fraction of sp³-hybridized carbons (Fsp3) is 0.608. The van der Waals surface area contributed by atoms with E-state index in [0.29, 0.717) is 12.8 Å². The van der Waals surface area contributed by atoms with E-state index in [1.807, 2.05) is 0 Å². The van der Waals surface area contributed by atoms with Gasteiger partial charge in [0.25, 0.3) is 0 Å². The molecule has 10 heteroatoms. The van der Waals surface area contributed by atoms with Gasteiger partial charge in [0.15, 0.2) is 0 Å². The molecule has 0 fully saturated rings. The SMILES string of the molecule is CC/C=C\C/C=C\C/C=C\C/C=C\C/C=C\CCCCCCCC(=O)OCC(O)COP(=O)(O)OCCNC(=O)CCCCC/C=C\C/C=C\C/C=C\C/C=C\CCCCC. The van der Waals surface area contributed by atoms with E-state index < -0.39 is 26.5 Å². The van der Waals surface area contributed by atoms with Crippen molar-refractivity contribution in [3.05, 3.63) is 109 Å². The molecule has 0 aliphatic rings. The second kappa shape index (κ2) is 46.2. The number of hydrogen-bond acceptors (Lipinski definition) is 7. The molecule has 0 bridgehead atoms. The summed E-state index contributed by atoms with van der Waals surface area (Å²) < 4.78 is 26.9. The third kappa shape index (κ3) is 47.6. The van der Waals surface area contributed by atoms with Gasteiger partial charge in [-0.25, -0.2) is 4.57 Å². The molecule has 0 aliphatic heterocycles. The van der Waals surface area contributed by atoms with E-state index in [0.717, 1.165) is 109 Å². The minimum Gasteiger partial charge on any atom is -0.463 e. The molecule has 346 valence electrons. The standard InChI is InChI=1S/C51H84NO8P/c1-3-5-7-9-11-13-15-17-19-21-23-24-26-28-30-32-34-36-38-40-42-44-51(55)58-47-49(53)48-60-61(56,57)59-46-45-52-50(54)43-41-39-37-35-33-31-29-27-25-22-20-18-16-14-12-10-8-6-4-2/h5,7,11-14,17-20,23-25,27-28,30-31,33,49,53H,3-4,6,8-10,15-16,21-22,26,29,32,34-48H2,1-2H3,(H,52,54)(H,56,57)/b7-5-,13-11-,14-12-,19-17-,20-18-,24-23-,27-25-,30-28-,33-31-. The van der Waals surface area contributed by atoms with Gasteiger partial charge in [0.1, 0.15) is 12.7 Å². The van der Waals surface area contributed by atoms with Crippen molar-refractivity contribution in [3.63, 3.8) is 0 Å². The Morgan fingerprint density at radius 3 is 1.43 bits per heavy atom. The molecule has 0 saturated heterocycles. The van der Waals surface area contributed by atoms with Crippen molar-refractivity contribution in [3.8, 4) is 0 Å². The predicted octanol–water partition coefficient (Wildman–Crippen LogP) is 13.5. The van der Waals surface area contributed by atoms with Gasteiger partial charge in [-0.3, -0.25) is 18.6 Å². The van der Waals surface area contributed by atoms with Crippen LogP contribution in [0.5, 0.6) is 0 Å². The van der Waals surface area contributed by atoms with Gasteiger partial charge in [0.05, 0.1) is 13.2 Å². The quantitative estimate of drug-likeness (QED) is 0.0239. The highest BCUT2D eigenvalue weighted by molar-refractivity contribution is 7.47. The van der Waals surface area contributed by atoms with E-state index in [4.69, 9.17) is 13.8 Å². The normalized spacial score (nSPS) is 14.2. The lowest BCUT2D eigenvalue weighted by Crippen LogP contribution is -2.27. The molecule has 0 aromatic carbocycles. The van der Waals surface area contributed by atoms with E-state index >= 15 is 0 Å². The maximum absolute atomic E-state index is 12.1. The molecule has 0 heterocycles. The van der Waals surface area contributed by atoms with Crippen LogP contribution in [0.1, 0.15) is 168 Å². The number of nitrogens with one attached hydrogen (secondary N) is 1. The molecule has 0 aliphatic carbocycles. The molecule has 0 saturated carbocycles. The number of hydrogen-bond donors (Lipinski definition) is 3. The third-order valence-corrected chi connectivity index (χ3v) is 10.2. The summed E-state index contributed by atoms with van der Waals surface area (Å²) in [5, 5.41) is 12.7. The highest BCUT2D eigenvalue weighted by Crippen LogP contribution is 2.42. The summed E-state index contributed by atoms with van der Waals surface area (Å²) in [6.45, 7) is 3.33. The van der Waals surface area contributed by atoms with Gasteiger partial charge in [-0.15, -0.1) is 0 Å². The summed E-state index contributed by atoms with van der Waals surface area (Å²) in [5.41, 5.74) is 0. The van der Waals surface area contributed by atoms with Gasteiger partial charge < -0.3 is 20.1 Å². The molecule has 9 nitrogen and oxygen atoms in total. The summed E-state index contributed by atoms with van der Waals surface area (Å²) in [6, 6.07) is 0. The minimum atomic E-state index is -4.44. The highest BCUT2D eigenvalue weighted by atomic mass is 31.2. The zero-order valence-electron chi connectivity index (χ0n) is 38.1. The van der Waals surface area contributed by atoms with Crippen LogP contribution in [-0.2, 0) is 27.9 Å². The number of allylic oxidation sites excluding steroid dienone is 18. The lowest BCUT2D eigenvalue weighted by atomic mass is 10.1. The third-order valence-electron chi connectivity index (χ3n) is 9.19. The van der Waals surface area contributed by atoms with Crippen LogP contribution in [0.4, 0.5) is 0 Å². The Hall–Kier alpha value is -3.33. The average molecular weight is 870 g/mol. The summed E-state index contributed by atoms with van der Waals surface area (Å²) in [7, 11) is -4.44. The van der Waals surface area contributed by atoms with Crippen molar-refractivity contribution in [1.29, 1.82) is 0 Å². The molecule has 0 radical (unpaired) electrons. The largest absolute Gasteiger partial charge is 0.472 e. The molecule has 0 aromatic rings. The minimum absolute atomic E-state index is 0.0550. The van der Waals surface area contributed by atoms with E-state index in [-0.39, 0.29) is 32.1 Å². The van der Waals surface area contributed by atoms with Crippen molar-refractivity contribution >= 4 is 19.7 Å². The van der Waals surface area contributed by atoms with Crippen LogP contribution in [0.3, 0.4) is 0 Å². The lowest BCUT2D eigenvalue weighted by molar-refractivity contribution is -0.147. The van der Waals surface area contributed by atoms with Crippen LogP contribution in [0.15, 0.2) is 109 Å². The van der Waals surface area contributed by atoms with E-state index in [2.05, 4.69) is 129 Å². The van der Waals surface area contributed by atoms with Gasteiger partial charge in [-0.1, -0.05) is 162 Å². The maximum atomic E-state index is 12.1. The number of rotatable bonds is 42. The number of phosphoric ester groups is 1. The van der Waals surface area contributed by atoms with Crippen molar-refractivity contribution < 1.29 is 37.9 Å². The number of phosphoric acid groups is 1. The number of amides is 1. The molecular weight excluding hydrogens is 786 g/mol. The first-order valence-electron chi connectivity index (χ1n) is 23.4. The second-order valence-electron chi connectivity index (χ2n) is 15.0. The first-order chi connectivity index (χ1) is 29.8. The van der Waals surface area contributed by atoms with Gasteiger partial charge in [-0.2, -0.15) is 0 Å². The van der Waals surface area contributed by atoms with Crippen LogP contribution >= 0.6 is 7.82 Å². The van der Waals surface area contributed by atoms with Crippen molar-refractivity contribution in [2.45, 2.75) is 174 Å². The zero-order chi connectivity index (χ0) is 44.6. The summed E-state index contributed by atoms with van der Waals surface area (Å²) in [4.78, 5) is 34.0. The maximum Gasteiger partial charge on any atom is 0.472 e. The van der Waals surface area contributed by atoms with Gasteiger partial charge >= 0.3 is 13.8 Å². The number of unbranched alkanes of at least 4 members (excludes halogenated alkanes) is 11. The second-order valence-corrected chi connectivity index (χ2v) is 16.4. The van der Waals surface area contributed by atoms with Crippen LogP contribution in [0, 0.1) is 0 Å². The van der Waals surface area contributed by atoms with E-state index in [9.17, 15) is 24.2 Å². The molecule has 2 unspecified atom stereocenters. The Labute approximate surface area is 371 Å². The van der Waals surface area contributed by atoms with Crippen LogP contribution in [0.2, 0.25) is 0 Å².